The molecule has 1 rings (SSSR count). The van der Waals surface area contributed by atoms with Crippen LogP contribution in [-0.4, -0.2) is 19.0 Å². The minimum absolute atomic E-state index is 0.387. The molecule has 16 heavy (non-hydrogen) atoms. The van der Waals surface area contributed by atoms with E-state index in [2.05, 4.69) is 19.1 Å². The molecule has 2 heteroatoms. The number of hydrogen-bond acceptors (Lipinski definition) is 2. The van der Waals surface area contributed by atoms with Gasteiger partial charge in [-0.3, -0.25) is 4.79 Å². The molecule has 1 fully saturated rings. The highest BCUT2D eigenvalue weighted by Crippen LogP contribution is 2.22. The number of ketones is 1. The van der Waals surface area contributed by atoms with Crippen LogP contribution in [-0.2, 0) is 9.53 Å². The number of Topliss-reactive ketones (excluding diaryl/α,β-unsaturated/α-hetero) is 1. The summed E-state index contributed by atoms with van der Waals surface area (Å²) in [4.78, 5) is 11.3. The van der Waals surface area contributed by atoms with Crippen molar-refractivity contribution in [3.05, 3.63) is 12.2 Å². The van der Waals surface area contributed by atoms with E-state index in [0.717, 1.165) is 38.5 Å². The average Bonchev–Trinajstić information content (AvgIpc) is 2.29. The molecule has 0 heterocycles. The Hall–Kier alpha value is -0.630. The molecule has 0 N–H and O–H groups in total. The molecule has 1 aliphatic carbocycles. The van der Waals surface area contributed by atoms with Gasteiger partial charge in [0.2, 0.25) is 0 Å². The van der Waals surface area contributed by atoms with Gasteiger partial charge in [-0.05, 0) is 38.0 Å². The van der Waals surface area contributed by atoms with Gasteiger partial charge in [0.15, 0.2) is 0 Å². The van der Waals surface area contributed by atoms with Gasteiger partial charge in [-0.15, -0.1) is 0 Å². The second kappa shape index (κ2) is 7.61. The number of allylic oxidation sites excluding steroid dienone is 2. The van der Waals surface area contributed by atoms with Crippen molar-refractivity contribution in [1.82, 2.24) is 0 Å². The van der Waals surface area contributed by atoms with Crippen molar-refractivity contribution in [2.45, 2.75) is 58.0 Å². The van der Waals surface area contributed by atoms with Gasteiger partial charge in [0.05, 0.1) is 6.10 Å². The quantitative estimate of drug-likeness (QED) is 0.645. The Balaban J connectivity index is 2.18. The third-order valence-electron chi connectivity index (χ3n) is 3.37. The molecule has 0 saturated heterocycles. The van der Waals surface area contributed by atoms with E-state index in [1.54, 1.807) is 7.11 Å². The van der Waals surface area contributed by atoms with Crippen molar-refractivity contribution in [1.29, 1.82) is 0 Å². The van der Waals surface area contributed by atoms with Gasteiger partial charge in [-0.2, -0.15) is 0 Å². The Kier molecular flexibility index (Phi) is 6.39. The van der Waals surface area contributed by atoms with E-state index < -0.39 is 0 Å². The van der Waals surface area contributed by atoms with Crippen LogP contribution in [0.4, 0.5) is 0 Å². The first-order chi connectivity index (χ1) is 7.76. The van der Waals surface area contributed by atoms with Gasteiger partial charge in [0.25, 0.3) is 0 Å². The summed E-state index contributed by atoms with van der Waals surface area (Å²) >= 11 is 0. The molecule has 1 aliphatic rings. The first-order valence-corrected chi connectivity index (χ1v) is 6.47. The molecule has 0 bridgehead atoms. The zero-order valence-electron chi connectivity index (χ0n) is 10.6. The van der Waals surface area contributed by atoms with Crippen LogP contribution < -0.4 is 0 Å². The number of carbonyl (C=O) groups is 1. The van der Waals surface area contributed by atoms with Crippen molar-refractivity contribution < 1.29 is 9.53 Å². The molecule has 2 nitrogen and oxygen atoms in total. The normalized spacial score (nSPS) is 23.9. The number of methoxy groups -OCH3 is 1. The van der Waals surface area contributed by atoms with Crippen molar-refractivity contribution in [2.75, 3.05) is 7.11 Å². The summed E-state index contributed by atoms with van der Waals surface area (Å²) in [5.74, 6) is 0.938. The maximum atomic E-state index is 11.3. The highest BCUT2D eigenvalue weighted by Gasteiger charge is 2.16. The summed E-state index contributed by atoms with van der Waals surface area (Å²) in [6.45, 7) is 2.15. The molecule has 0 spiro atoms. The van der Waals surface area contributed by atoms with Crippen molar-refractivity contribution >= 4 is 5.78 Å². The first kappa shape index (κ1) is 13.4. The lowest BCUT2D eigenvalue weighted by atomic mass is 9.88. The van der Waals surface area contributed by atoms with Crippen molar-refractivity contribution in [3.63, 3.8) is 0 Å². The van der Waals surface area contributed by atoms with Crippen LogP contribution in [0.25, 0.3) is 0 Å². The smallest absolute Gasteiger partial charge is 0.133 e. The summed E-state index contributed by atoms with van der Waals surface area (Å²) in [6, 6.07) is 0. The average molecular weight is 224 g/mol. The van der Waals surface area contributed by atoms with Crippen LogP contribution >= 0.6 is 0 Å². The van der Waals surface area contributed by atoms with Crippen LogP contribution in [0.5, 0.6) is 0 Å². The second-order valence-electron chi connectivity index (χ2n) is 4.67. The van der Waals surface area contributed by atoms with Crippen LogP contribution in [0, 0.1) is 5.92 Å². The lowest BCUT2D eigenvalue weighted by molar-refractivity contribution is -0.121. The predicted molar refractivity (Wildman–Crippen MR) is 66.4 cm³/mol. The number of rotatable bonds is 6. The molecular weight excluding hydrogens is 200 g/mol. The molecule has 0 aromatic rings. The summed E-state index contributed by atoms with van der Waals surface area (Å²) in [5, 5.41) is 0. The molecule has 92 valence electrons. The van der Waals surface area contributed by atoms with Crippen LogP contribution in [0.2, 0.25) is 0 Å². The molecular formula is C14H24O2. The Morgan fingerprint density at radius 3 is 3.00 bits per heavy atom. The third-order valence-corrected chi connectivity index (χ3v) is 3.37. The van der Waals surface area contributed by atoms with Gasteiger partial charge >= 0.3 is 0 Å². The zero-order chi connectivity index (χ0) is 11.8. The number of hydrogen-bond donors (Lipinski definition) is 0. The Morgan fingerprint density at radius 1 is 1.56 bits per heavy atom. The number of ether oxygens (including phenoxy) is 1. The molecule has 0 amide bonds. The molecule has 2 atom stereocenters. The van der Waals surface area contributed by atoms with E-state index in [0.29, 0.717) is 17.8 Å². The van der Waals surface area contributed by atoms with Gasteiger partial charge in [-0.1, -0.05) is 19.1 Å². The third kappa shape index (κ3) is 4.93. The topological polar surface area (TPSA) is 26.3 Å². The summed E-state index contributed by atoms with van der Waals surface area (Å²) in [6.07, 6.45) is 11.9. The van der Waals surface area contributed by atoms with Gasteiger partial charge in [-0.25, -0.2) is 0 Å². The van der Waals surface area contributed by atoms with Crippen LogP contribution in [0.3, 0.4) is 0 Å². The standard InChI is InChI=1S/C14H24O2/c1-3-14(16-2)10-5-4-7-12-8-6-9-13(15)11-12/h4,7,12,14H,3,5-6,8-11H2,1-2H3. The molecule has 0 radical (unpaired) electrons. The summed E-state index contributed by atoms with van der Waals surface area (Å²) < 4.78 is 5.32. The van der Waals surface area contributed by atoms with E-state index in [9.17, 15) is 4.79 Å². The lowest BCUT2D eigenvalue weighted by Crippen LogP contribution is -2.12. The maximum Gasteiger partial charge on any atom is 0.133 e. The highest BCUT2D eigenvalue weighted by molar-refractivity contribution is 5.79. The second-order valence-corrected chi connectivity index (χ2v) is 4.67. The van der Waals surface area contributed by atoms with Crippen molar-refractivity contribution in [3.8, 4) is 0 Å². The van der Waals surface area contributed by atoms with E-state index in [1.807, 2.05) is 0 Å². The fourth-order valence-corrected chi connectivity index (χ4v) is 2.28. The number of carbonyl (C=O) groups excluding carboxylic acids is 1. The van der Waals surface area contributed by atoms with E-state index >= 15 is 0 Å². The largest absolute Gasteiger partial charge is 0.381 e. The monoisotopic (exact) mass is 224 g/mol. The van der Waals surface area contributed by atoms with Crippen LogP contribution in [0.1, 0.15) is 51.9 Å². The fourth-order valence-electron chi connectivity index (χ4n) is 2.28. The van der Waals surface area contributed by atoms with Crippen LogP contribution in [0.15, 0.2) is 12.2 Å². The molecule has 2 unspecified atom stereocenters. The van der Waals surface area contributed by atoms with Gasteiger partial charge in [0.1, 0.15) is 5.78 Å². The lowest BCUT2D eigenvalue weighted by Gasteiger charge is -2.17. The van der Waals surface area contributed by atoms with E-state index in [1.165, 1.54) is 6.42 Å². The van der Waals surface area contributed by atoms with E-state index in [-0.39, 0.29) is 0 Å². The molecule has 0 aliphatic heterocycles. The molecule has 1 saturated carbocycles. The summed E-state index contributed by atoms with van der Waals surface area (Å²) in [7, 11) is 1.78. The minimum atomic E-state index is 0.387. The molecule has 0 aromatic carbocycles. The van der Waals surface area contributed by atoms with E-state index in [4.69, 9.17) is 4.74 Å². The zero-order valence-corrected chi connectivity index (χ0v) is 10.6. The molecule has 0 aromatic heterocycles. The summed E-state index contributed by atoms with van der Waals surface area (Å²) in [5.41, 5.74) is 0. The predicted octanol–water partition coefficient (Wildman–Crippen LogP) is 3.51. The van der Waals surface area contributed by atoms with Gasteiger partial charge < -0.3 is 4.74 Å². The Morgan fingerprint density at radius 2 is 2.38 bits per heavy atom. The first-order valence-electron chi connectivity index (χ1n) is 6.47. The Bertz CT molecular complexity index is 229. The minimum Gasteiger partial charge on any atom is -0.381 e. The van der Waals surface area contributed by atoms with Gasteiger partial charge in [0, 0.05) is 20.0 Å². The fraction of sp³-hybridized carbons (Fsp3) is 0.786. The SMILES string of the molecule is CCC(CCC=CC1CCCC(=O)C1)OC. The maximum absolute atomic E-state index is 11.3. The Labute approximate surface area is 99.1 Å². The highest BCUT2D eigenvalue weighted by atomic mass is 16.5. The van der Waals surface area contributed by atoms with Crippen molar-refractivity contribution in [2.24, 2.45) is 5.92 Å².